The highest BCUT2D eigenvalue weighted by atomic mass is 19.4. The van der Waals surface area contributed by atoms with E-state index in [1.54, 1.807) is 12.1 Å². The van der Waals surface area contributed by atoms with Crippen molar-refractivity contribution in [1.29, 1.82) is 0 Å². The molecule has 0 unspecified atom stereocenters. The van der Waals surface area contributed by atoms with E-state index in [9.17, 15) is 22.8 Å². The van der Waals surface area contributed by atoms with E-state index in [0.717, 1.165) is 0 Å². The first-order valence-electron chi connectivity index (χ1n) is 6.77. The number of halogens is 3. The molecule has 0 bridgehead atoms. The largest absolute Gasteiger partial charge is 0.488 e. The summed E-state index contributed by atoms with van der Waals surface area (Å²) in [5, 5.41) is 10.4. The van der Waals surface area contributed by atoms with Gasteiger partial charge in [0.05, 0.1) is 0 Å². The molecule has 0 aromatic heterocycles. The van der Waals surface area contributed by atoms with E-state index >= 15 is 0 Å². The third-order valence-corrected chi connectivity index (χ3v) is 2.65. The van der Waals surface area contributed by atoms with Gasteiger partial charge < -0.3 is 15.2 Å². The molecule has 1 atom stereocenters. The summed E-state index contributed by atoms with van der Waals surface area (Å²) in [5.74, 6) is -3.28. The average molecular weight is 333 g/mol. The average Bonchev–Trinajstić information content (AvgIpc) is 2.37. The van der Waals surface area contributed by atoms with Gasteiger partial charge in [-0.2, -0.15) is 13.2 Å². The van der Waals surface area contributed by atoms with Crippen LogP contribution in [0, 0.1) is 0 Å². The van der Waals surface area contributed by atoms with Crippen LogP contribution in [0.2, 0.25) is 0 Å². The number of hydrogen-bond donors (Lipinski definition) is 2. The number of carboxylic acids is 1. The number of aliphatic carboxylic acids is 1. The first-order chi connectivity index (χ1) is 10.4. The molecule has 5 nitrogen and oxygen atoms in total. The van der Waals surface area contributed by atoms with Crippen molar-refractivity contribution >= 4 is 11.9 Å². The van der Waals surface area contributed by atoms with Gasteiger partial charge in [0.15, 0.2) is 0 Å². The van der Waals surface area contributed by atoms with Crippen molar-refractivity contribution in [2.75, 3.05) is 0 Å². The van der Waals surface area contributed by atoms with Crippen molar-refractivity contribution in [3.63, 3.8) is 0 Å². The number of amides is 1. The van der Waals surface area contributed by atoms with E-state index < -0.39 is 29.7 Å². The summed E-state index contributed by atoms with van der Waals surface area (Å²) in [6.45, 7) is 5.57. The summed E-state index contributed by atoms with van der Waals surface area (Å²) in [5.41, 5.74) is 0.0485. The highest BCUT2D eigenvalue weighted by molar-refractivity contribution is 5.87. The van der Waals surface area contributed by atoms with E-state index in [1.807, 2.05) is 20.8 Å². The highest BCUT2D eigenvalue weighted by Gasteiger charge is 2.40. The first-order valence-corrected chi connectivity index (χ1v) is 6.77. The Bertz CT molecular complexity index is 562. The Morgan fingerprint density at radius 1 is 1.17 bits per heavy atom. The number of rotatable bonds is 5. The molecule has 1 rings (SSSR count). The molecule has 0 spiro atoms. The number of benzene rings is 1. The predicted octanol–water partition coefficient (Wildman–Crippen LogP) is 2.54. The lowest BCUT2D eigenvalue weighted by Crippen LogP contribution is -2.47. The first kappa shape index (κ1) is 18.8. The molecule has 2 N–H and O–H groups in total. The minimum Gasteiger partial charge on any atom is -0.488 e. The second-order valence-corrected chi connectivity index (χ2v) is 5.92. The van der Waals surface area contributed by atoms with E-state index in [0.29, 0.717) is 11.3 Å². The van der Waals surface area contributed by atoms with Crippen LogP contribution < -0.4 is 10.1 Å². The zero-order chi connectivity index (χ0) is 17.8. The Hall–Kier alpha value is -2.25. The van der Waals surface area contributed by atoms with Gasteiger partial charge in [-0.25, -0.2) is 4.79 Å². The number of nitrogens with one attached hydrogen (secondary N) is 1. The number of carbonyl (C=O) groups excluding carboxylic acids is 1. The van der Waals surface area contributed by atoms with Crippen molar-refractivity contribution in [3.8, 4) is 5.75 Å². The van der Waals surface area contributed by atoms with Crippen molar-refractivity contribution in [1.82, 2.24) is 5.32 Å². The predicted molar refractivity (Wildman–Crippen MR) is 76.1 cm³/mol. The van der Waals surface area contributed by atoms with Crippen molar-refractivity contribution in [3.05, 3.63) is 29.8 Å². The van der Waals surface area contributed by atoms with E-state index in [2.05, 4.69) is 0 Å². The van der Waals surface area contributed by atoms with Gasteiger partial charge in [-0.1, -0.05) is 12.1 Å². The quantitative estimate of drug-likeness (QED) is 0.868. The van der Waals surface area contributed by atoms with Gasteiger partial charge in [-0.05, 0) is 38.5 Å². The monoisotopic (exact) mass is 333 g/mol. The Kier molecular flexibility index (Phi) is 5.63. The lowest BCUT2D eigenvalue weighted by molar-refractivity contribution is -0.175. The van der Waals surface area contributed by atoms with Gasteiger partial charge in [-0.3, -0.25) is 4.79 Å². The molecular weight excluding hydrogens is 315 g/mol. The van der Waals surface area contributed by atoms with Crippen LogP contribution >= 0.6 is 0 Å². The lowest BCUT2D eigenvalue weighted by Gasteiger charge is -2.21. The van der Waals surface area contributed by atoms with Gasteiger partial charge in [0, 0.05) is 6.42 Å². The second-order valence-electron chi connectivity index (χ2n) is 5.92. The van der Waals surface area contributed by atoms with Crippen molar-refractivity contribution < 1.29 is 32.6 Å². The van der Waals surface area contributed by atoms with Gasteiger partial charge in [0.1, 0.15) is 17.4 Å². The summed E-state index contributed by atoms with van der Waals surface area (Å²) < 4.78 is 42.2. The zero-order valence-electron chi connectivity index (χ0n) is 12.9. The molecule has 0 aliphatic carbocycles. The van der Waals surface area contributed by atoms with Crippen LogP contribution in [-0.2, 0) is 16.0 Å². The Morgan fingerprint density at radius 3 is 2.09 bits per heavy atom. The summed E-state index contributed by atoms with van der Waals surface area (Å²) in [6, 6.07) is 4.59. The SMILES string of the molecule is CC(C)(C)Oc1ccc(C[C@H](NC(=O)C(F)(F)F)C(=O)O)cc1. The van der Waals surface area contributed by atoms with Crippen LogP contribution in [0.15, 0.2) is 24.3 Å². The van der Waals surface area contributed by atoms with Gasteiger partial charge in [0.25, 0.3) is 0 Å². The van der Waals surface area contributed by atoms with E-state index in [4.69, 9.17) is 9.84 Å². The topological polar surface area (TPSA) is 75.6 Å². The van der Waals surface area contributed by atoms with Gasteiger partial charge >= 0.3 is 18.1 Å². The molecule has 1 aromatic rings. The smallest absolute Gasteiger partial charge is 0.471 e. The Morgan fingerprint density at radius 2 is 1.70 bits per heavy atom. The van der Waals surface area contributed by atoms with Gasteiger partial charge in [-0.15, -0.1) is 0 Å². The number of alkyl halides is 3. The normalized spacial score (nSPS) is 13.3. The molecular formula is C15H18F3NO4. The molecule has 0 heterocycles. The molecule has 128 valence electrons. The van der Waals surface area contributed by atoms with Gasteiger partial charge in [0.2, 0.25) is 0 Å². The molecule has 0 aliphatic rings. The standard InChI is InChI=1S/C15H18F3NO4/c1-14(2,3)23-10-6-4-9(5-7-10)8-11(12(20)21)19-13(22)15(16,17)18/h4-7,11H,8H2,1-3H3,(H,19,22)(H,20,21)/t11-/m0/s1. The maximum atomic E-state index is 12.2. The summed E-state index contributed by atoms with van der Waals surface area (Å²) in [6.07, 6.45) is -5.40. The number of carbonyl (C=O) groups is 2. The van der Waals surface area contributed by atoms with Crippen molar-refractivity contribution in [2.24, 2.45) is 0 Å². The fraction of sp³-hybridized carbons (Fsp3) is 0.467. The fourth-order valence-electron chi connectivity index (χ4n) is 1.72. The maximum absolute atomic E-state index is 12.2. The molecule has 1 aromatic carbocycles. The maximum Gasteiger partial charge on any atom is 0.471 e. The zero-order valence-corrected chi connectivity index (χ0v) is 12.9. The van der Waals surface area contributed by atoms with Crippen LogP contribution in [0.4, 0.5) is 13.2 Å². The fourth-order valence-corrected chi connectivity index (χ4v) is 1.72. The second kappa shape index (κ2) is 6.89. The molecule has 1 amide bonds. The minimum atomic E-state index is -5.13. The third-order valence-electron chi connectivity index (χ3n) is 2.65. The summed E-state index contributed by atoms with van der Waals surface area (Å²) in [4.78, 5) is 21.9. The highest BCUT2D eigenvalue weighted by Crippen LogP contribution is 2.20. The molecule has 23 heavy (non-hydrogen) atoms. The molecule has 0 radical (unpaired) electrons. The molecule has 8 heteroatoms. The Balaban J connectivity index is 2.78. The molecule has 0 saturated heterocycles. The van der Waals surface area contributed by atoms with Crippen LogP contribution in [0.25, 0.3) is 0 Å². The lowest BCUT2D eigenvalue weighted by atomic mass is 10.1. The number of hydrogen-bond acceptors (Lipinski definition) is 3. The Labute approximate surface area is 131 Å². The van der Waals surface area contributed by atoms with Crippen LogP contribution in [0.5, 0.6) is 5.75 Å². The van der Waals surface area contributed by atoms with E-state index in [-0.39, 0.29) is 6.42 Å². The van der Waals surface area contributed by atoms with Crippen LogP contribution in [0.1, 0.15) is 26.3 Å². The summed E-state index contributed by atoms with van der Waals surface area (Å²) in [7, 11) is 0. The molecule has 0 aliphatic heterocycles. The van der Waals surface area contributed by atoms with Crippen LogP contribution in [0.3, 0.4) is 0 Å². The summed E-state index contributed by atoms with van der Waals surface area (Å²) >= 11 is 0. The number of ether oxygens (including phenoxy) is 1. The number of carboxylic acid groups (broad SMARTS) is 1. The van der Waals surface area contributed by atoms with Crippen molar-refractivity contribution in [2.45, 2.75) is 45.0 Å². The molecule has 0 fully saturated rings. The van der Waals surface area contributed by atoms with Crippen LogP contribution in [-0.4, -0.2) is 34.8 Å². The third kappa shape index (κ3) is 6.58. The molecule has 0 saturated carbocycles. The van der Waals surface area contributed by atoms with E-state index in [1.165, 1.54) is 17.4 Å². The minimum absolute atomic E-state index is 0.271.